The molecule has 0 fully saturated rings. The highest BCUT2D eigenvalue weighted by Gasteiger charge is 2.11. The zero-order valence-electron chi connectivity index (χ0n) is 14.3. The van der Waals surface area contributed by atoms with Gasteiger partial charge in [0.25, 0.3) is 5.91 Å². The van der Waals surface area contributed by atoms with Crippen LogP contribution in [0.4, 0.5) is 5.69 Å². The van der Waals surface area contributed by atoms with E-state index in [2.05, 4.69) is 10.3 Å². The number of anilines is 1. The van der Waals surface area contributed by atoms with E-state index in [4.69, 9.17) is 14.6 Å². The first-order valence-corrected chi connectivity index (χ1v) is 7.75. The summed E-state index contributed by atoms with van der Waals surface area (Å²) in [6, 6.07) is 9.90. The largest absolute Gasteiger partial charge is 0.482 e. The Hall–Kier alpha value is -3.09. The molecule has 0 aliphatic heterocycles. The van der Waals surface area contributed by atoms with Crippen LogP contribution in [0.3, 0.4) is 0 Å². The van der Waals surface area contributed by atoms with Crippen molar-refractivity contribution in [1.29, 1.82) is 0 Å². The summed E-state index contributed by atoms with van der Waals surface area (Å²) in [6.07, 6.45) is -0.0357. The van der Waals surface area contributed by atoms with Crippen molar-refractivity contribution in [1.82, 2.24) is 4.98 Å². The van der Waals surface area contributed by atoms with Crippen LogP contribution in [0.5, 0.6) is 11.6 Å². The zero-order chi connectivity index (χ0) is 18.4. The van der Waals surface area contributed by atoms with E-state index in [9.17, 15) is 9.59 Å². The van der Waals surface area contributed by atoms with E-state index >= 15 is 0 Å². The Morgan fingerprint density at radius 2 is 2.00 bits per heavy atom. The van der Waals surface area contributed by atoms with Gasteiger partial charge in [0.1, 0.15) is 11.4 Å². The number of hydrogen-bond donors (Lipinski definition) is 2. The predicted molar refractivity (Wildman–Crippen MR) is 92.3 cm³/mol. The monoisotopic (exact) mass is 344 g/mol. The van der Waals surface area contributed by atoms with Gasteiger partial charge < -0.3 is 19.9 Å². The molecule has 0 radical (unpaired) electrons. The van der Waals surface area contributed by atoms with Crippen LogP contribution < -0.4 is 14.8 Å². The summed E-state index contributed by atoms with van der Waals surface area (Å²) in [6.45, 7) is 5.13. The van der Waals surface area contributed by atoms with Gasteiger partial charge >= 0.3 is 5.97 Å². The van der Waals surface area contributed by atoms with Crippen molar-refractivity contribution in [3.8, 4) is 11.6 Å². The molecule has 1 aromatic heterocycles. The molecule has 132 valence electrons. The maximum atomic E-state index is 12.4. The summed E-state index contributed by atoms with van der Waals surface area (Å²) in [5, 5.41) is 11.4. The van der Waals surface area contributed by atoms with E-state index in [1.165, 1.54) is 0 Å². The number of aromatic nitrogens is 1. The Morgan fingerprint density at radius 1 is 1.24 bits per heavy atom. The second kappa shape index (κ2) is 8.14. The van der Waals surface area contributed by atoms with Crippen LogP contribution in [-0.2, 0) is 4.79 Å². The average Bonchev–Trinajstić information content (AvgIpc) is 2.54. The van der Waals surface area contributed by atoms with E-state index in [0.717, 1.165) is 5.56 Å². The first kappa shape index (κ1) is 18.3. The van der Waals surface area contributed by atoms with Gasteiger partial charge in [-0.15, -0.1) is 0 Å². The SMILES string of the molecule is Cc1cc(OCC(=O)O)ccc1NC(=O)c1cccc(OC(C)C)n1. The lowest BCUT2D eigenvalue weighted by Gasteiger charge is -2.12. The van der Waals surface area contributed by atoms with Crippen molar-refractivity contribution in [3.63, 3.8) is 0 Å². The maximum Gasteiger partial charge on any atom is 0.341 e. The minimum absolute atomic E-state index is 0.0357. The molecule has 0 unspecified atom stereocenters. The molecule has 0 bridgehead atoms. The number of nitrogens with zero attached hydrogens (tertiary/aromatic N) is 1. The number of hydrogen-bond acceptors (Lipinski definition) is 5. The lowest BCUT2D eigenvalue weighted by molar-refractivity contribution is -0.139. The second-order valence-electron chi connectivity index (χ2n) is 5.64. The topological polar surface area (TPSA) is 97.8 Å². The fraction of sp³-hybridized carbons (Fsp3) is 0.278. The number of nitrogens with one attached hydrogen (secondary N) is 1. The van der Waals surface area contributed by atoms with Gasteiger partial charge in [0.05, 0.1) is 6.10 Å². The van der Waals surface area contributed by atoms with E-state index in [-0.39, 0.29) is 17.7 Å². The normalized spacial score (nSPS) is 10.4. The predicted octanol–water partition coefficient (Wildman–Crippen LogP) is 2.89. The molecule has 25 heavy (non-hydrogen) atoms. The Bertz CT molecular complexity index is 774. The highest BCUT2D eigenvalue weighted by Crippen LogP contribution is 2.22. The number of carbonyl (C=O) groups is 2. The van der Waals surface area contributed by atoms with Gasteiger partial charge in [-0.3, -0.25) is 4.79 Å². The number of carboxylic acids is 1. The fourth-order valence-corrected chi connectivity index (χ4v) is 2.05. The molecule has 2 N–H and O–H groups in total. The van der Waals surface area contributed by atoms with E-state index in [1.54, 1.807) is 43.3 Å². The third-order valence-corrected chi connectivity index (χ3v) is 3.12. The van der Waals surface area contributed by atoms with E-state index in [1.807, 2.05) is 13.8 Å². The zero-order valence-corrected chi connectivity index (χ0v) is 14.3. The Kier molecular flexibility index (Phi) is 5.94. The summed E-state index contributed by atoms with van der Waals surface area (Å²) >= 11 is 0. The summed E-state index contributed by atoms with van der Waals surface area (Å²) < 4.78 is 10.6. The third kappa shape index (κ3) is 5.49. The lowest BCUT2D eigenvalue weighted by Crippen LogP contribution is -2.16. The summed E-state index contributed by atoms with van der Waals surface area (Å²) in [5.41, 5.74) is 1.57. The van der Waals surface area contributed by atoms with Gasteiger partial charge in [0, 0.05) is 11.8 Å². The summed E-state index contributed by atoms with van der Waals surface area (Å²) in [7, 11) is 0. The second-order valence-corrected chi connectivity index (χ2v) is 5.64. The van der Waals surface area contributed by atoms with Gasteiger partial charge in [-0.05, 0) is 50.6 Å². The smallest absolute Gasteiger partial charge is 0.341 e. The maximum absolute atomic E-state index is 12.4. The first-order chi connectivity index (χ1) is 11.8. The molecule has 0 atom stereocenters. The molecule has 0 saturated carbocycles. The number of ether oxygens (including phenoxy) is 2. The first-order valence-electron chi connectivity index (χ1n) is 7.75. The van der Waals surface area contributed by atoms with Crippen molar-refractivity contribution in [2.45, 2.75) is 26.9 Å². The number of aliphatic carboxylic acids is 1. The number of pyridine rings is 1. The van der Waals surface area contributed by atoms with Crippen LogP contribution >= 0.6 is 0 Å². The molecule has 2 rings (SSSR count). The van der Waals surface area contributed by atoms with Gasteiger partial charge in [-0.2, -0.15) is 0 Å². The molecule has 1 amide bonds. The standard InChI is InChI=1S/C18H20N2O5/c1-11(2)25-16-6-4-5-15(19-16)18(23)20-14-8-7-13(9-12(14)3)24-10-17(21)22/h4-9,11H,10H2,1-3H3,(H,20,23)(H,21,22). The Balaban J connectivity index is 2.08. The van der Waals surface area contributed by atoms with Crippen LogP contribution in [0.15, 0.2) is 36.4 Å². The van der Waals surface area contributed by atoms with Gasteiger partial charge in [-0.1, -0.05) is 6.07 Å². The molecule has 7 nitrogen and oxygen atoms in total. The number of benzene rings is 1. The van der Waals surface area contributed by atoms with Gasteiger partial charge in [-0.25, -0.2) is 9.78 Å². The van der Waals surface area contributed by atoms with Crippen LogP contribution in [0, 0.1) is 6.92 Å². The summed E-state index contributed by atoms with van der Waals surface area (Å²) in [5.74, 6) is -0.610. The summed E-state index contributed by atoms with van der Waals surface area (Å²) in [4.78, 5) is 27.1. The molecular weight excluding hydrogens is 324 g/mol. The van der Waals surface area contributed by atoms with Crippen molar-refractivity contribution >= 4 is 17.6 Å². The molecule has 1 aromatic carbocycles. The molecular formula is C18H20N2O5. The van der Waals surface area contributed by atoms with Gasteiger partial charge in [0.15, 0.2) is 6.61 Å². The quantitative estimate of drug-likeness (QED) is 0.801. The molecule has 0 spiro atoms. The van der Waals surface area contributed by atoms with Crippen LogP contribution in [-0.4, -0.2) is 34.7 Å². The third-order valence-electron chi connectivity index (χ3n) is 3.12. The minimum Gasteiger partial charge on any atom is -0.482 e. The van der Waals surface area contributed by atoms with E-state index < -0.39 is 12.6 Å². The molecule has 2 aromatic rings. The van der Waals surface area contributed by atoms with Crippen molar-refractivity contribution < 1.29 is 24.2 Å². The number of amides is 1. The van der Waals surface area contributed by atoms with E-state index in [0.29, 0.717) is 17.3 Å². The van der Waals surface area contributed by atoms with Crippen molar-refractivity contribution in [2.24, 2.45) is 0 Å². The number of rotatable bonds is 7. The average molecular weight is 344 g/mol. The Morgan fingerprint density at radius 3 is 2.64 bits per heavy atom. The number of carbonyl (C=O) groups excluding carboxylic acids is 1. The number of aryl methyl sites for hydroxylation is 1. The molecule has 0 saturated heterocycles. The highest BCUT2D eigenvalue weighted by atomic mass is 16.5. The van der Waals surface area contributed by atoms with Crippen LogP contribution in [0.25, 0.3) is 0 Å². The van der Waals surface area contributed by atoms with Crippen LogP contribution in [0.1, 0.15) is 29.9 Å². The van der Waals surface area contributed by atoms with Crippen molar-refractivity contribution in [2.75, 3.05) is 11.9 Å². The number of carboxylic acid groups (broad SMARTS) is 1. The molecule has 7 heteroatoms. The minimum atomic E-state index is -1.05. The van der Waals surface area contributed by atoms with Gasteiger partial charge in [0.2, 0.25) is 5.88 Å². The molecule has 1 heterocycles. The molecule has 0 aliphatic carbocycles. The van der Waals surface area contributed by atoms with Crippen molar-refractivity contribution in [3.05, 3.63) is 47.7 Å². The fourth-order valence-electron chi connectivity index (χ4n) is 2.05. The molecule has 0 aliphatic rings. The lowest BCUT2D eigenvalue weighted by atomic mass is 10.2. The highest BCUT2D eigenvalue weighted by molar-refractivity contribution is 6.03. The Labute approximate surface area is 145 Å². The van der Waals surface area contributed by atoms with Crippen LogP contribution in [0.2, 0.25) is 0 Å².